The van der Waals surface area contributed by atoms with Crippen molar-refractivity contribution in [2.75, 3.05) is 5.75 Å². The molecule has 0 spiro atoms. The van der Waals surface area contributed by atoms with Crippen molar-refractivity contribution in [3.63, 3.8) is 0 Å². The lowest BCUT2D eigenvalue weighted by Crippen LogP contribution is -2.16. The molecule has 19 heavy (non-hydrogen) atoms. The predicted molar refractivity (Wildman–Crippen MR) is 76.9 cm³/mol. The molecule has 3 nitrogen and oxygen atoms in total. The van der Waals surface area contributed by atoms with Crippen molar-refractivity contribution in [3.8, 4) is 0 Å². The Morgan fingerprint density at radius 2 is 1.89 bits per heavy atom. The van der Waals surface area contributed by atoms with E-state index in [-0.39, 0.29) is 4.90 Å². The minimum atomic E-state index is -3.62. The fourth-order valence-corrected chi connectivity index (χ4v) is 4.26. The molecule has 0 bridgehead atoms. The second-order valence-electron chi connectivity index (χ2n) is 4.05. The quantitative estimate of drug-likeness (QED) is 0.813. The molecule has 1 heterocycles. The Balaban J connectivity index is 2.28. The molecule has 0 radical (unpaired) electrons. The predicted octanol–water partition coefficient (Wildman–Crippen LogP) is 3.37. The van der Waals surface area contributed by atoms with Crippen LogP contribution >= 0.6 is 22.9 Å². The Labute approximate surface area is 120 Å². The molecule has 2 rings (SSSR count). The summed E-state index contributed by atoms with van der Waals surface area (Å²) in [6.07, 6.45) is 0. The van der Waals surface area contributed by atoms with Crippen LogP contribution in [0.5, 0.6) is 0 Å². The van der Waals surface area contributed by atoms with Crippen molar-refractivity contribution in [1.82, 2.24) is 0 Å². The first-order chi connectivity index (χ1) is 8.90. The molecular formula is C13H11ClO3S2. The average molecular weight is 315 g/mol. The highest BCUT2D eigenvalue weighted by Crippen LogP contribution is 2.23. The molecule has 2 aromatic rings. The van der Waals surface area contributed by atoms with E-state index in [2.05, 4.69) is 0 Å². The number of hydrogen-bond acceptors (Lipinski definition) is 4. The molecule has 0 unspecified atom stereocenters. The van der Waals surface area contributed by atoms with Gasteiger partial charge in [-0.2, -0.15) is 0 Å². The summed E-state index contributed by atoms with van der Waals surface area (Å²) in [7, 11) is -3.62. The van der Waals surface area contributed by atoms with E-state index < -0.39 is 21.4 Å². The number of carbonyl (C=O) groups is 1. The molecule has 1 aromatic heterocycles. The van der Waals surface area contributed by atoms with E-state index in [0.717, 1.165) is 11.3 Å². The van der Waals surface area contributed by atoms with E-state index in [1.807, 2.05) is 0 Å². The van der Waals surface area contributed by atoms with Gasteiger partial charge in [-0.25, -0.2) is 8.42 Å². The van der Waals surface area contributed by atoms with Crippen LogP contribution < -0.4 is 0 Å². The first kappa shape index (κ1) is 14.2. The molecule has 0 aliphatic rings. The molecule has 0 amide bonds. The number of carbonyl (C=O) groups excluding carboxylic acids is 1. The van der Waals surface area contributed by atoms with Gasteiger partial charge in [-0.1, -0.05) is 29.8 Å². The molecule has 100 valence electrons. The highest BCUT2D eigenvalue weighted by molar-refractivity contribution is 7.92. The molecule has 6 heteroatoms. The van der Waals surface area contributed by atoms with Crippen molar-refractivity contribution < 1.29 is 13.2 Å². The van der Waals surface area contributed by atoms with Gasteiger partial charge >= 0.3 is 0 Å². The second kappa shape index (κ2) is 5.45. The smallest absolute Gasteiger partial charge is 0.188 e. The topological polar surface area (TPSA) is 51.2 Å². The van der Waals surface area contributed by atoms with Crippen molar-refractivity contribution in [3.05, 3.63) is 51.2 Å². The summed E-state index contributed by atoms with van der Waals surface area (Å²) >= 11 is 6.82. The maximum absolute atomic E-state index is 12.2. The molecule has 0 saturated carbocycles. The van der Waals surface area contributed by atoms with E-state index >= 15 is 0 Å². The average Bonchev–Trinajstić information content (AvgIpc) is 2.76. The van der Waals surface area contributed by atoms with Gasteiger partial charge in [0.05, 0.1) is 14.1 Å². The van der Waals surface area contributed by atoms with Gasteiger partial charge in [0.25, 0.3) is 0 Å². The number of thiophene rings is 1. The number of aryl methyl sites for hydroxylation is 1. The van der Waals surface area contributed by atoms with E-state index in [4.69, 9.17) is 11.6 Å². The number of Topliss-reactive ketones (excluding diaryl/α,β-unsaturated/α-hetero) is 1. The SMILES string of the molecule is Cc1ccccc1S(=O)(=O)CC(=O)c1ccc(Cl)s1. The van der Waals surface area contributed by atoms with Crippen LogP contribution in [0.25, 0.3) is 0 Å². The maximum atomic E-state index is 12.2. The summed E-state index contributed by atoms with van der Waals surface area (Å²) in [5, 5.41) is 0. The Morgan fingerprint density at radius 3 is 2.47 bits per heavy atom. The fraction of sp³-hybridized carbons (Fsp3) is 0.154. The summed E-state index contributed by atoms with van der Waals surface area (Å²) in [4.78, 5) is 12.5. The number of benzene rings is 1. The first-order valence-electron chi connectivity index (χ1n) is 5.47. The molecule has 0 fully saturated rings. The number of rotatable bonds is 4. The van der Waals surface area contributed by atoms with E-state index in [9.17, 15) is 13.2 Å². The summed E-state index contributed by atoms with van der Waals surface area (Å²) in [6.45, 7) is 1.71. The largest absolute Gasteiger partial charge is 0.292 e. The summed E-state index contributed by atoms with van der Waals surface area (Å²) in [5.74, 6) is -0.963. The zero-order chi connectivity index (χ0) is 14.0. The minimum absolute atomic E-state index is 0.200. The molecule has 1 aromatic carbocycles. The number of halogens is 1. The minimum Gasteiger partial charge on any atom is -0.292 e. The van der Waals surface area contributed by atoms with Crippen LogP contribution in [-0.4, -0.2) is 20.0 Å². The third kappa shape index (κ3) is 3.23. The third-order valence-electron chi connectivity index (χ3n) is 2.60. The fourth-order valence-electron chi connectivity index (χ4n) is 1.69. The van der Waals surface area contributed by atoms with Gasteiger partial charge in [-0.3, -0.25) is 4.79 Å². The van der Waals surface area contributed by atoms with Gasteiger partial charge in [-0.05, 0) is 30.7 Å². The summed E-state index contributed by atoms with van der Waals surface area (Å²) in [6, 6.07) is 9.75. The summed E-state index contributed by atoms with van der Waals surface area (Å²) < 4.78 is 24.9. The number of ketones is 1. The Morgan fingerprint density at radius 1 is 1.21 bits per heavy atom. The normalized spacial score (nSPS) is 11.5. The number of sulfone groups is 1. The molecule has 0 aliphatic carbocycles. The highest BCUT2D eigenvalue weighted by atomic mass is 35.5. The Bertz CT molecular complexity index is 717. The lowest BCUT2D eigenvalue weighted by atomic mass is 10.2. The van der Waals surface area contributed by atoms with Gasteiger partial charge < -0.3 is 0 Å². The molecular weight excluding hydrogens is 304 g/mol. The third-order valence-corrected chi connectivity index (χ3v) is 5.64. The second-order valence-corrected chi connectivity index (χ2v) is 7.72. The first-order valence-corrected chi connectivity index (χ1v) is 8.32. The molecule has 0 aliphatic heterocycles. The van der Waals surface area contributed by atoms with Crippen molar-refractivity contribution in [1.29, 1.82) is 0 Å². The van der Waals surface area contributed by atoms with Gasteiger partial charge in [0.1, 0.15) is 5.75 Å². The monoisotopic (exact) mass is 314 g/mol. The standard InChI is InChI=1S/C13H11ClO3S2/c1-9-4-2-3-5-12(9)19(16,17)8-10(15)11-6-7-13(14)18-11/h2-7H,8H2,1H3. The van der Waals surface area contributed by atoms with Crippen LogP contribution in [0, 0.1) is 6.92 Å². The van der Waals surface area contributed by atoms with Crippen LogP contribution in [0.1, 0.15) is 15.2 Å². The van der Waals surface area contributed by atoms with E-state index in [0.29, 0.717) is 14.8 Å². The van der Waals surface area contributed by atoms with Gasteiger partial charge in [-0.15, -0.1) is 11.3 Å². The lowest BCUT2D eigenvalue weighted by Gasteiger charge is -2.06. The summed E-state index contributed by atoms with van der Waals surface area (Å²) in [5.41, 5.74) is 0.638. The Kier molecular flexibility index (Phi) is 4.08. The highest BCUT2D eigenvalue weighted by Gasteiger charge is 2.22. The van der Waals surface area contributed by atoms with Crippen molar-refractivity contribution >= 4 is 38.6 Å². The number of hydrogen-bond donors (Lipinski definition) is 0. The van der Waals surface area contributed by atoms with Crippen LogP contribution in [0.4, 0.5) is 0 Å². The van der Waals surface area contributed by atoms with Gasteiger partial charge in [0, 0.05) is 0 Å². The zero-order valence-corrected chi connectivity index (χ0v) is 12.5. The molecule has 0 saturated heterocycles. The van der Waals surface area contributed by atoms with Crippen LogP contribution in [0.3, 0.4) is 0 Å². The van der Waals surface area contributed by atoms with Gasteiger partial charge in [0.15, 0.2) is 15.6 Å². The van der Waals surface area contributed by atoms with Gasteiger partial charge in [0.2, 0.25) is 0 Å². The van der Waals surface area contributed by atoms with Crippen molar-refractivity contribution in [2.24, 2.45) is 0 Å². The van der Waals surface area contributed by atoms with E-state index in [1.165, 1.54) is 6.07 Å². The van der Waals surface area contributed by atoms with Crippen molar-refractivity contribution in [2.45, 2.75) is 11.8 Å². The Hall–Kier alpha value is -1.17. The van der Waals surface area contributed by atoms with Crippen LogP contribution in [0.15, 0.2) is 41.3 Å². The maximum Gasteiger partial charge on any atom is 0.188 e. The lowest BCUT2D eigenvalue weighted by molar-refractivity contribution is 0.102. The van der Waals surface area contributed by atoms with Crippen LogP contribution in [0.2, 0.25) is 4.34 Å². The molecule has 0 N–H and O–H groups in total. The van der Waals surface area contributed by atoms with Crippen LogP contribution in [-0.2, 0) is 9.84 Å². The molecule has 0 atom stereocenters. The zero-order valence-electron chi connectivity index (χ0n) is 10.1. The van der Waals surface area contributed by atoms with E-state index in [1.54, 1.807) is 37.3 Å².